The Morgan fingerprint density at radius 1 is 1.24 bits per heavy atom. The lowest BCUT2D eigenvalue weighted by Crippen LogP contribution is -2.53. The topological polar surface area (TPSA) is 51.9 Å². The van der Waals surface area contributed by atoms with Crippen molar-refractivity contribution in [2.24, 2.45) is 11.1 Å². The van der Waals surface area contributed by atoms with Crippen molar-refractivity contribution in [3.8, 4) is 11.4 Å². The number of oxime groups is 1. The van der Waals surface area contributed by atoms with E-state index in [0.717, 1.165) is 60.4 Å². The predicted molar refractivity (Wildman–Crippen MR) is 113 cm³/mol. The van der Waals surface area contributed by atoms with Gasteiger partial charge < -0.3 is 19.0 Å². The molecule has 5 rings (SSSR count). The van der Waals surface area contributed by atoms with Crippen molar-refractivity contribution in [3.63, 3.8) is 0 Å². The van der Waals surface area contributed by atoms with Gasteiger partial charge in [-0.25, -0.2) is 4.98 Å². The van der Waals surface area contributed by atoms with Gasteiger partial charge in [0.15, 0.2) is 5.84 Å². The van der Waals surface area contributed by atoms with E-state index in [1.165, 1.54) is 24.8 Å². The maximum absolute atomic E-state index is 5.67. The maximum atomic E-state index is 5.67. The van der Waals surface area contributed by atoms with Crippen LogP contribution in [0.4, 0.5) is 0 Å². The third kappa shape index (κ3) is 3.41. The smallest absolute Gasteiger partial charge is 0.171 e. The van der Waals surface area contributed by atoms with E-state index in [0.29, 0.717) is 6.04 Å². The molecule has 0 amide bonds. The Labute approximate surface area is 171 Å². The third-order valence-electron chi connectivity index (χ3n) is 6.43. The van der Waals surface area contributed by atoms with Gasteiger partial charge in [-0.3, -0.25) is 0 Å². The normalized spacial score (nSPS) is 23.2. The van der Waals surface area contributed by atoms with Crippen LogP contribution in [0.15, 0.2) is 41.5 Å². The number of rotatable bonds is 4. The number of benzene rings is 1. The fourth-order valence-corrected chi connectivity index (χ4v) is 4.64. The first-order valence-electron chi connectivity index (χ1n) is 10.6. The number of aromatic nitrogens is 2. The number of hydrogen-bond acceptors (Lipinski definition) is 5. The van der Waals surface area contributed by atoms with Crippen molar-refractivity contribution < 1.29 is 9.57 Å². The zero-order valence-electron chi connectivity index (χ0n) is 17.2. The Bertz CT molecular complexity index is 958. The molecule has 0 bridgehead atoms. The summed E-state index contributed by atoms with van der Waals surface area (Å²) in [5.74, 6) is 2.63. The van der Waals surface area contributed by atoms with Gasteiger partial charge in [-0.1, -0.05) is 17.6 Å². The molecular formula is C23H28N4O2. The van der Waals surface area contributed by atoms with E-state index in [1.54, 1.807) is 7.11 Å². The van der Waals surface area contributed by atoms with Gasteiger partial charge in [0.1, 0.15) is 12.4 Å². The molecular weight excluding hydrogens is 364 g/mol. The molecule has 0 radical (unpaired) electrons. The summed E-state index contributed by atoms with van der Waals surface area (Å²) in [6.07, 6.45) is 12.3. The lowest BCUT2D eigenvalue weighted by atomic mass is 9.78. The lowest BCUT2D eigenvalue weighted by molar-refractivity contribution is 0.0140. The minimum Gasteiger partial charge on any atom is -0.495 e. The summed E-state index contributed by atoms with van der Waals surface area (Å²) in [7, 11) is 1.71. The van der Waals surface area contributed by atoms with E-state index in [4.69, 9.17) is 9.57 Å². The van der Waals surface area contributed by atoms with Crippen LogP contribution >= 0.6 is 0 Å². The molecule has 29 heavy (non-hydrogen) atoms. The molecule has 1 saturated heterocycles. The average molecular weight is 393 g/mol. The average Bonchev–Trinajstić information content (AvgIpc) is 3.13. The summed E-state index contributed by atoms with van der Waals surface area (Å²) < 4.78 is 7.67. The molecule has 1 aliphatic carbocycles. The SMILES string of the molecule is COc1cc(C=C2CCCN3C2=NOC[C@@H]3C2CCC2)ccc1-n1cnc(C)c1. The molecule has 1 aromatic heterocycles. The number of piperidine rings is 1. The Balaban J connectivity index is 1.44. The van der Waals surface area contributed by atoms with Gasteiger partial charge in [0.25, 0.3) is 0 Å². The summed E-state index contributed by atoms with van der Waals surface area (Å²) in [4.78, 5) is 12.5. The zero-order chi connectivity index (χ0) is 19.8. The van der Waals surface area contributed by atoms with Crippen LogP contribution in [0.1, 0.15) is 43.4 Å². The Kier molecular flexibility index (Phi) is 4.78. The highest BCUT2D eigenvalue weighted by molar-refractivity contribution is 6.02. The first-order valence-corrected chi connectivity index (χ1v) is 10.6. The van der Waals surface area contributed by atoms with Crippen molar-refractivity contribution in [3.05, 3.63) is 47.6 Å². The Hall–Kier alpha value is -2.76. The molecule has 2 fully saturated rings. The number of ether oxygens (including phenoxy) is 1. The molecule has 1 saturated carbocycles. The van der Waals surface area contributed by atoms with Crippen molar-refractivity contribution >= 4 is 11.9 Å². The van der Waals surface area contributed by atoms with E-state index in [1.807, 2.05) is 24.0 Å². The van der Waals surface area contributed by atoms with E-state index >= 15 is 0 Å². The monoisotopic (exact) mass is 392 g/mol. The van der Waals surface area contributed by atoms with Crippen molar-refractivity contribution in [1.82, 2.24) is 14.5 Å². The number of amidine groups is 1. The number of aryl methyl sites for hydroxylation is 1. The molecule has 0 spiro atoms. The van der Waals surface area contributed by atoms with Crippen molar-refractivity contribution in [1.29, 1.82) is 0 Å². The zero-order valence-corrected chi connectivity index (χ0v) is 17.2. The molecule has 0 unspecified atom stereocenters. The summed E-state index contributed by atoms with van der Waals surface area (Å²) in [6, 6.07) is 6.79. The third-order valence-corrected chi connectivity index (χ3v) is 6.43. The minimum atomic E-state index is 0.487. The van der Waals surface area contributed by atoms with Crippen LogP contribution in [0.2, 0.25) is 0 Å². The first kappa shape index (κ1) is 18.3. The van der Waals surface area contributed by atoms with E-state index in [2.05, 4.69) is 39.3 Å². The standard InChI is InChI=1S/C23H28N4O2/c1-16-13-26(15-24-16)20-9-8-17(12-22(20)28-2)11-19-7-4-10-27-21(18-5-3-6-18)14-29-25-23(19)27/h8-9,11-13,15,18,21H,3-7,10,14H2,1-2H3/t21-/m1/s1. The molecule has 6 heteroatoms. The molecule has 3 heterocycles. The lowest BCUT2D eigenvalue weighted by Gasteiger charge is -2.46. The highest BCUT2D eigenvalue weighted by Crippen LogP contribution is 2.37. The van der Waals surface area contributed by atoms with Gasteiger partial charge in [-0.2, -0.15) is 0 Å². The van der Waals surface area contributed by atoms with Gasteiger partial charge in [-0.15, -0.1) is 0 Å². The van der Waals surface area contributed by atoms with Crippen LogP contribution in [0.3, 0.4) is 0 Å². The Morgan fingerprint density at radius 2 is 2.14 bits per heavy atom. The highest BCUT2D eigenvalue weighted by Gasteiger charge is 2.38. The fourth-order valence-electron chi connectivity index (χ4n) is 4.64. The maximum Gasteiger partial charge on any atom is 0.171 e. The van der Waals surface area contributed by atoms with Gasteiger partial charge in [-0.05, 0) is 67.9 Å². The van der Waals surface area contributed by atoms with E-state index < -0.39 is 0 Å². The summed E-state index contributed by atoms with van der Waals surface area (Å²) in [5, 5.41) is 4.46. The van der Waals surface area contributed by atoms with Gasteiger partial charge in [0.05, 0.1) is 30.9 Å². The van der Waals surface area contributed by atoms with Crippen LogP contribution in [0, 0.1) is 12.8 Å². The molecule has 152 valence electrons. The van der Waals surface area contributed by atoms with Crippen molar-refractivity contribution in [2.45, 2.75) is 45.1 Å². The number of hydrogen-bond donors (Lipinski definition) is 0. The van der Waals surface area contributed by atoms with Gasteiger partial charge in [0.2, 0.25) is 0 Å². The largest absolute Gasteiger partial charge is 0.495 e. The number of methoxy groups -OCH3 is 1. The Morgan fingerprint density at radius 3 is 2.86 bits per heavy atom. The predicted octanol–water partition coefficient (Wildman–Crippen LogP) is 4.18. The molecule has 2 aliphatic heterocycles. The fraction of sp³-hybridized carbons (Fsp3) is 0.478. The van der Waals surface area contributed by atoms with E-state index in [9.17, 15) is 0 Å². The first-order chi connectivity index (χ1) is 14.2. The number of fused-ring (bicyclic) bond motifs is 1. The van der Waals surface area contributed by atoms with Gasteiger partial charge >= 0.3 is 0 Å². The van der Waals surface area contributed by atoms with E-state index in [-0.39, 0.29) is 0 Å². The van der Waals surface area contributed by atoms with Crippen LogP contribution < -0.4 is 4.74 Å². The van der Waals surface area contributed by atoms with Crippen LogP contribution in [0.5, 0.6) is 5.75 Å². The summed E-state index contributed by atoms with van der Waals surface area (Å²) in [6.45, 7) is 3.80. The number of imidazole rings is 1. The molecule has 3 aliphatic rings. The second-order valence-electron chi connectivity index (χ2n) is 8.29. The molecule has 0 N–H and O–H groups in total. The van der Waals surface area contributed by atoms with Crippen LogP contribution in [0.25, 0.3) is 11.8 Å². The number of nitrogens with zero attached hydrogens (tertiary/aromatic N) is 4. The van der Waals surface area contributed by atoms with Crippen LogP contribution in [-0.2, 0) is 4.84 Å². The molecule has 1 aromatic carbocycles. The van der Waals surface area contributed by atoms with Gasteiger partial charge in [0, 0.05) is 12.7 Å². The second-order valence-corrected chi connectivity index (χ2v) is 8.29. The molecule has 1 atom stereocenters. The summed E-state index contributed by atoms with van der Waals surface area (Å²) in [5.41, 5.74) is 4.35. The quantitative estimate of drug-likeness (QED) is 0.783. The summed E-state index contributed by atoms with van der Waals surface area (Å²) >= 11 is 0. The van der Waals surface area contributed by atoms with Crippen molar-refractivity contribution in [2.75, 3.05) is 20.3 Å². The second kappa shape index (κ2) is 7.58. The minimum absolute atomic E-state index is 0.487. The molecule has 6 nitrogen and oxygen atoms in total. The highest BCUT2D eigenvalue weighted by atomic mass is 16.6. The molecule has 2 aromatic rings. The van der Waals surface area contributed by atoms with Crippen LogP contribution in [-0.4, -0.2) is 46.6 Å².